The highest BCUT2D eigenvalue weighted by Crippen LogP contribution is 2.44. The van der Waals surface area contributed by atoms with Gasteiger partial charge in [0.15, 0.2) is 0 Å². The molecule has 0 atom stereocenters. The molecule has 0 radical (unpaired) electrons. The summed E-state index contributed by atoms with van der Waals surface area (Å²) >= 11 is 3.87. The van der Waals surface area contributed by atoms with Crippen molar-refractivity contribution in [1.82, 2.24) is 4.72 Å². The molecule has 1 fully saturated rings. The number of nitrogens with one attached hydrogen (secondary N) is 2. The van der Waals surface area contributed by atoms with Crippen molar-refractivity contribution in [3.8, 4) is 0 Å². The Kier molecular flexibility index (Phi) is 7.09. The SMILES string of the molecule is CC(C)NS(=O)(=O)c1ccc(C(=O)Nc2cccc(C3SCCCS3)c2)cc1. The van der Waals surface area contributed by atoms with Crippen molar-refractivity contribution < 1.29 is 13.2 Å². The van der Waals surface area contributed by atoms with E-state index in [1.807, 2.05) is 41.7 Å². The van der Waals surface area contributed by atoms with Crippen LogP contribution in [0.2, 0.25) is 0 Å². The number of benzene rings is 2. The van der Waals surface area contributed by atoms with Crippen molar-refractivity contribution in [2.24, 2.45) is 0 Å². The molecule has 5 nitrogen and oxygen atoms in total. The predicted molar refractivity (Wildman–Crippen MR) is 119 cm³/mol. The molecule has 2 aromatic carbocycles. The van der Waals surface area contributed by atoms with Crippen LogP contribution >= 0.6 is 23.5 Å². The van der Waals surface area contributed by atoms with Crippen LogP contribution in [0.5, 0.6) is 0 Å². The van der Waals surface area contributed by atoms with E-state index in [2.05, 4.69) is 16.1 Å². The Balaban J connectivity index is 1.69. The van der Waals surface area contributed by atoms with E-state index in [0.29, 0.717) is 10.1 Å². The van der Waals surface area contributed by atoms with Gasteiger partial charge in [0.25, 0.3) is 5.91 Å². The zero-order valence-corrected chi connectivity index (χ0v) is 18.3. The van der Waals surface area contributed by atoms with E-state index < -0.39 is 10.0 Å². The Morgan fingerprint density at radius 3 is 2.39 bits per heavy atom. The van der Waals surface area contributed by atoms with E-state index in [9.17, 15) is 13.2 Å². The van der Waals surface area contributed by atoms with Crippen molar-refractivity contribution in [2.75, 3.05) is 16.8 Å². The molecule has 1 aliphatic heterocycles. The van der Waals surface area contributed by atoms with Crippen LogP contribution in [0.4, 0.5) is 5.69 Å². The van der Waals surface area contributed by atoms with Crippen LogP contribution in [0.1, 0.15) is 40.8 Å². The molecule has 0 bridgehead atoms. The fraction of sp³-hybridized carbons (Fsp3) is 0.350. The standard InChI is InChI=1S/C20H24N2O3S3/c1-14(2)22-28(24,25)18-9-7-15(8-10-18)19(23)21-17-6-3-5-16(13-17)20-26-11-4-12-27-20/h3,5-10,13-14,20,22H,4,11-12H2,1-2H3,(H,21,23). The highest BCUT2D eigenvalue weighted by atomic mass is 32.2. The molecule has 28 heavy (non-hydrogen) atoms. The number of sulfonamides is 1. The van der Waals surface area contributed by atoms with Gasteiger partial charge in [-0.1, -0.05) is 12.1 Å². The van der Waals surface area contributed by atoms with E-state index in [1.54, 1.807) is 13.8 Å². The van der Waals surface area contributed by atoms with Gasteiger partial charge in [-0.15, -0.1) is 23.5 Å². The first-order chi connectivity index (χ1) is 13.3. The number of thioether (sulfide) groups is 2. The minimum absolute atomic E-state index is 0.145. The second-order valence-corrected chi connectivity index (χ2v) is 11.2. The highest BCUT2D eigenvalue weighted by molar-refractivity contribution is 8.16. The largest absolute Gasteiger partial charge is 0.322 e. The summed E-state index contributed by atoms with van der Waals surface area (Å²) in [6, 6.07) is 13.7. The first-order valence-corrected chi connectivity index (χ1v) is 12.7. The molecule has 3 rings (SSSR count). The topological polar surface area (TPSA) is 75.3 Å². The van der Waals surface area contributed by atoms with Crippen LogP contribution in [0.3, 0.4) is 0 Å². The van der Waals surface area contributed by atoms with Crippen LogP contribution in [0, 0.1) is 0 Å². The van der Waals surface area contributed by atoms with Gasteiger partial charge in [-0.05, 0) is 73.7 Å². The molecule has 0 spiro atoms. The first-order valence-electron chi connectivity index (χ1n) is 9.12. The fourth-order valence-corrected chi connectivity index (χ4v) is 6.93. The molecule has 0 unspecified atom stereocenters. The van der Waals surface area contributed by atoms with Crippen LogP contribution in [-0.2, 0) is 10.0 Å². The maximum atomic E-state index is 12.6. The third-order valence-electron chi connectivity index (χ3n) is 4.06. The maximum Gasteiger partial charge on any atom is 0.255 e. The summed E-state index contributed by atoms with van der Waals surface area (Å²) in [5.41, 5.74) is 2.36. The number of hydrogen-bond donors (Lipinski definition) is 2. The molecule has 2 N–H and O–H groups in total. The van der Waals surface area contributed by atoms with Gasteiger partial charge in [-0.3, -0.25) is 4.79 Å². The molecule has 0 aromatic heterocycles. The fourth-order valence-electron chi connectivity index (χ4n) is 2.81. The van der Waals surface area contributed by atoms with E-state index in [4.69, 9.17) is 0 Å². The Bertz CT molecular complexity index is 922. The van der Waals surface area contributed by atoms with Gasteiger partial charge in [0, 0.05) is 17.3 Å². The molecular formula is C20H24N2O3S3. The first kappa shape index (κ1) is 21.2. The lowest BCUT2D eigenvalue weighted by atomic mass is 10.2. The average molecular weight is 437 g/mol. The second kappa shape index (κ2) is 9.35. The van der Waals surface area contributed by atoms with Crippen molar-refractivity contribution in [2.45, 2.75) is 35.8 Å². The molecule has 1 amide bonds. The van der Waals surface area contributed by atoms with Gasteiger partial charge in [-0.25, -0.2) is 13.1 Å². The number of amides is 1. The summed E-state index contributed by atoms with van der Waals surface area (Å²) in [4.78, 5) is 12.7. The summed E-state index contributed by atoms with van der Waals surface area (Å²) < 4.78 is 27.3. The molecule has 1 saturated heterocycles. The molecule has 2 aromatic rings. The molecule has 0 saturated carbocycles. The molecular weight excluding hydrogens is 412 g/mol. The molecule has 150 valence electrons. The summed E-state index contributed by atoms with van der Waals surface area (Å²) in [6.07, 6.45) is 1.24. The molecule has 1 heterocycles. The summed E-state index contributed by atoms with van der Waals surface area (Å²) in [5.74, 6) is 2.06. The Morgan fingerprint density at radius 1 is 1.07 bits per heavy atom. The minimum atomic E-state index is -3.57. The van der Waals surface area contributed by atoms with Crippen molar-refractivity contribution >= 4 is 45.1 Å². The van der Waals surface area contributed by atoms with Crippen molar-refractivity contribution in [1.29, 1.82) is 0 Å². The number of hydrogen-bond acceptors (Lipinski definition) is 5. The Hall–Kier alpha value is -1.48. The lowest BCUT2D eigenvalue weighted by Gasteiger charge is -2.21. The summed E-state index contributed by atoms with van der Waals surface area (Å²) in [6.45, 7) is 3.52. The van der Waals surface area contributed by atoms with Crippen LogP contribution in [0.15, 0.2) is 53.4 Å². The number of carbonyl (C=O) groups is 1. The highest BCUT2D eigenvalue weighted by Gasteiger charge is 2.18. The molecule has 1 aliphatic rings. The van der Waals surface area contributed by atoms with Crippen LogP contribution in [-0.4, -0.2) is 31.9 Å². The molecule has 0 aliphatic carbocycles. The lowest BCUT2D eigenvalue weighted by Crippen LogP contribution is -2.30. The van der Waals surface area contributed by atoms with Crippen molar-refractivity contribution in [3.63, 3.8) is 0 Å². The quantitative estimate of drug-likeness (QED) is 0.698. The maximum absolute atomic E-state index is 12.6. The summed E-state index contributed by atoms with van der Waals surface area (Å²) in [5, 5.41) is 2.91. The van der Waals surface area contributed by atoms with E-state index in [1.165, 1.54) is 36.2 Å². The lowest BCUT2D eigenvalue weighted by molar-refractivity contribution is 0.102. The number of rotatable bonds is 6. The van der Waals surface area contributed by atoms with Crippen molar-refractivity contribution in [3.05, 3.63) is 59.7 Å². The second-order valence-electron chi connectivity index (χ2n) is 6.81. The van der Waals surface area contributed by atoms with E-state index in [0.717, 1.165) is 17.2 Å². The van der Waals surface area contributed by atoms with Gasteiger partial charge < -0.3 is 5.32 Å². The minimum Gasteiger partial charge on any atom is -0.322 e. The molecule has 8 heteroatoms. The Morgan fingerprint density at radius 2 is 1.75 bits per heavy atom. The zero-order valence-electron chi connectivity index (χ0n) is 15.8. The van der Waals surface area contributed by atoms with Gasteiger partial charge in [0.1, 0.15) is 0 Å². The third kappa shape index (κ3) is 5.53. The van der Waals surface area contributed by atoms with Gasteiger partial charge >= 0.3 is 0 Å². The van der Waals surface area contributed by atoms with Crippen LogP contribution in [0.25, 0.3) is 0 Å². The summed E-state index contributed by atoms with van der Waals surface area (Å²) in [7, 11) is -3.57. The van der Waals surface area contributed by atoms with Gasteiger partial charge in [0.05, 0.1) is 9.48 Å². The third-order valence-corrected chi connectivity index (χ3v) is 8.75. The zero-order chi connectivity index (χ0) is 20.1. The predicted octanol–water partition coefficient (Wildman–Crippen LogP) is 4.49. The number of anilines is 1. The smallest absolute Gasteiger partial charge is 0.255 e. The average Bonchev–Trinajstić information content (AvgIpc) is 2.68. The Labute approximate surface area is 175 Å². The van der Waals surface area contributed by atoms with E-state index >= 15 is 0 Å². The van der Waals surface area contributed by atoms with Gasteiger partial charge in [-0.2, -0.15) is 0 Å². The number of carbonyl (C=O) groups excluding carboxylic acids is 1. The monoisotopic (exact) mass is 436 g/mol. The van der Waals surface area contributed by atoms with E-state index in [-0.39, 0.29) is 16.8 Å². The van der Waals surface area contributed by atoms with Crippen LogP contribution < -0.4 is 10.0 Å². The van der Waals surface area contributed by atoms with Gasteiger partial charge in [0.2, 0.25) is 10.0 Å². The normalized spacial score (nSPS) is 15.5.